The van der Waals surface area contributed by atoms with E-state index in [0.29, 0.717) is 11.4 Å². The molecule has 37 heavy (non-hydrogen) atoms. The molecule has 12 heteroatoms. The van der Waals surface area contributed by atoms with Gasteiger partial charge in [-0.05, 0) is 66.0 Å². The number of halogens is 3. The van der Waals surface area contributed by atoms with E-state index in [-0.39, 0.29) is 27.1 Å². The standard InChI is InChI=1S/C18H16N2O4S2.C7H6F3N/c1-24-14-7-9-15(10-8-14)26(22,23)20-16-11-12-25-17(16)18(21)19-13-5-3-2-4-6-13;8-7(9,10)5-2-1-3-6(11)4-5/h2-12,20H,1H3,(H,19,21);1-4H,11H2. The lowest BCUT2D eigenvalue weighted by Crippen LogP contribution is -2.17. The van der Waals surface area contributed by atoms with Crippen LogP contribution in [0.1, 0.15) is 15.2 Å². The van der Waals surface area contributed by atoms with Crippen molar-refractivity contribution in [3.05, 3.63) is 101 Å². The van der Waals surface area contributed by atoms with Crippen LogP contribution in [0.5, 0.6) is 5.75 Å². The third-order valence-corrected chi connectivity index (χ3v) is 7.03. The van der Waals surface area contributed by atoms with Gasteiger partial charge in [0.05, 0.1) is 23.3 Å². The van der Waals surface area contributed by atoms with Crippen LogP contribution in [-0.2, 0) is 16.2 Å². The number of rotatable bonds is 6. The molecule has 194 valence electrons. The summed E-state index contributed by atoms with van der Waals surface area (Å²) in [6.07, 6.45) is -4.30. The zero-order chi connectivity index (χ0) is 27.1. The van der Waals surface area contributed by atoms with Gasteiger partial charge in [-0.3, -0.25) is 9.52 Å². The molecule has 4 rings (SSSR count). The Bertz CT molecular complexity index is 1440. The number of amides is 1. The number of ether oxygens (including phenoxy) is 1. The Hall–Kier alpha value is -4.03. The minimum Gasteiger partial charge on any atom is -0.497 e. The van der Waals surface area contributed by atoms with E-state index >= 15 is 0 Å². The van der Waals surface area contributed by atoms with Gasteiger partial charge in [0.1, 0.15) is 10.6 Å². The van der Waals surface area contributed by atoms with Crippen molar-refractivity contribution in [2.45, 2.75) is 11.1 Å². The number of alkyl halides is 3. The summed E-state index contributed by atoms with van der Waals surface area (Å²) < 4.78 is 68.3. The minimum absolute atomic E-state index is 0.0823. The molecule has 3 aromatic carbocycles. The summed E-state index contributed by atoms with van der Waals surface area (Å²) in [5.74, 6) is 0.182. The van der Waals surface area contributed by atoms with Crippen LogP contribution in [0.4, 0.5) is 30.2 Å². The molecule has 0 fully saturated rings. The number of hydrogen-bond donors (Lipinski definition) is 3. The van der Waals surface area contributed by atoms with E-state index in [1.54, 1.807) is 47.8 Å². The first-order chi connectivity index (χ1) is 17.5. The monoisotopic (exact) mass is 549 g/mol. The number of carbonyl (C=O) groups excluding carboxylic acids is 1. The maximum absolute atomic E-state index is 12.6. The molecule has 0 aliphatic heterocycles. The fourth-order valence-corrected chi connectivity index (χ4v) is 4.83. The number of thiophene rings is 1. The number of anilines is 3. The lowest BCUT2D eigenvalue weighted by atomic mass is 10.2. The van der Waals surface area contributed by atoms with Crippen molar-refractivity contribution in [3.63, 3.8) is 0 Å². The van der Waals surface area contributed by atoms with Gasteiger partial charge in [-0.15, -0.1) is 11.3 Å². The van der Waals surface area contributed by atoms with Gasteiger partial charge in [0.2, 0.25) is 0 Å². The van der Waals surface area contributed by atoms with E-state index in [1.165, 1.54) is 31.4 Å². The fraction of sp³-hybridized carbons (Fsp3) is 0.0800. The second-order valence-corrected chi connectivity index (χ2v) is 9.99. The van der Waals surface area contributed by atoms with Crippen molar-refractivity contribution in [3.8, 4) is 5.75 Å². The smallest absolute Gasteiger partial charge is 0.416 e. The number of sulfonamides is 1. The molecule has 0 aliphatic rings. The summed E-state index contributed by atoms with van der Waals surface area (Å²) in [6.45, 7) is 0. The Morgan fingerprint density at radius 3 is 2.19 bits per heavy atom. The zero-order valence-corrected chi connectivity index (χ0v) is 21.0. The molecule has 0 spiro atoms. The lowest BCUT2D eigenvalue weighted by Gasteiger charge is -2.10. The summed E-state index contributed by atoms with van der Waals surface area (Å²) in [5.41, 5.74) is 5.44. The molecule has 1 amide bonds. The molecular weight excluding hydrogens is 527 g/mol. The van der Waals surface area contributed by atoms with Crippen LogP contribution >= 0.6 is 11.3 Å². The number of benzene rings is 3. The summed E-state index contributed by atoms with van der Waals surface area (Å²) in [5, 5.41) is 4.40. The Morgan fingerprint density at radius 1 is 0.946 bits per heavy atom. The first-order valence-electron chi connectivity index (χ1n) is 10.5. The van der Waals surface area contributed by atoms with Gasteiger partial charge in [-0.1, -0.05) is 24.3 Å². The molecular formula is C25H22F3N3O4S2. The third kappa shape index (κ3) is 7.72. The van der Waals surface area contributed by atoms with Crippen LogP contribution in [0.15, 0.2) is 95.2 Å². The molecule has 1 aromatic heterocycles. The average Bonchev–Trinajstić information content (AvgIpc) is 3.32. The van der Waals surface area contributed by atoms with E-state index in [1.807, 2.05) is 6.07 Å². The largest absolute Gasteiger partial charge is 0.497 e. The average molecular weight is 550 g/mol. The first-order valence-corrected chi connectivity index (χ1v) is 12.9. The normalized spacial score (nSPS) is 11.1. The number of nitrogens with two attached hydrogens (primary N) is 1. The number of methoxy groups -OCH3 is 1. The number of nitrogen functional groups attached to an aromatic ring is 1. The SMILES string of the molecule is COc1ccc(S(=O)(=O)Nc2ccsc2C(=O)Nc2ccccc2)cc1.Nc1cccc(C(F)(F)F)c1. The number of nitrogens with one attached hydrogen (secondary N) is 2. The Balaban J connectivity index is 0.000000289. The molecule has 0 saturated heterocycles. The lowest BCUT2D eigenvalue weighted by molar-refractivity contribution is -0.137. The van der Waals surface area contributed by atoms with Gasteiger partial charge < -0.3 is 15.8 Å². The van der Waals surface area contributed by atoms with Crippen LogP contribution in [0.25, 0.3) is 0 Å². The van der Waals surface area contributed by atoms with Crippen molar-refractivity contribution >= 4 is 44.3 Å². The van der Waals surface area contributed by atoms with Gasteiger partial charge in [0, 0.05) is 11.4 Å². The third-order valence-electron chi connectivity index (χ3n) is 4.73. The second kappa shape index (κ2) is 11.8. The van der Waals surface area contributed by atoms with Gasteiger partial charge in [0.25, 0.3) is 15.9 Å². The molecule has 0 aliphatic carbocycles. The topological polar surface area (TPSA) is 111 Å². The predicted octanol–water partition coefficient (Wildman–Crippen LogP) is 6.10. The predicted molar refractivity (Wildman–Crippen MR) is 138 cm³/mol. The highest BCUT2D eigenvalue weighted by Gasteiger charge is 2.30. The van der Waals surface area contributed by atoms with Gasteiger partial charge >= 0.3 is 6.18 Å². The highest BCUT2D eigenvalue weighted by atomic mass is 32.2. The van der Waals surface area contributed by atoms with Crippen molar-refractivity contribution in [1.29, 1.82) is 0 Å². The van der Waals surface area contributed by atoms with Crippen LogP contribution in [0, 0.1) is 0 Å². The van der Waals surface area contributed by atoms with Crippen molar-refractivity contribution in [2.75, 3.05) is 22.9 Å². The first kappa shape index (κ1) is 27.6. The minimum atomic E-state index is -4.30. The Kier molecular flexibility index (Phi) is 8.79. The molecule has 0 bridgehead atoms. The molecule has 1 heterocycles. The molecule has 0 unspecified atom stereocenters. The fourth-order valence-electron chi connectivity index (χ4n) is 2.95. The molecule has 4 aromatic rings. The van der Waals surface area contributed by atoms with Crippen LogP contribution in [0.2, 0.25) is 0 Å². The maximum Gasteiger partial charge on any atom is 0.416 e. The van der Waals surface area contributed by atoms with Gasteiger partial charge in [0.15, 0.2) is 0 Å². The molecule has 0 atom stereocenters. The van der Waals surface area contributed by atoms with E-state index in [0.717, 1.165) is 23.5 Å². The zero-order valence-electron chi connectivity index (χ0n) is 19.3. The number of hydrogen-bond acceptors (Lipinski definition) is 6. The highest BCUT2D eigenvalue weighted by Crippen LogP contribution is 2.30. The van der Waals surface area contributed by atoms with Gasteiger partial charge in [-0.2, -0.15) is 13.2 Å². The van der Waals surface area contributed by atoms with Crippen LogP contribution in [-0.4, -0.2) is 21.4 Å². The number of carbonyl (C=O) groups is 1. The van der Waals surface area contributed by atoms with Crippen molar-refractivity contribution in [1.82, 2.24) is 0 Å². The summed E-state index contributed by atoms with van der Waals surface area (Å²) in [7, 11) is -2.31. The van der Waals surface area contributed by atoms with E-state index < -0.39 is 21.8 Å². The quantitative estimate of drug-likeness (QED) is 0.252. The van der Waals surface area contributed by atoms with Gasteiger partial charge in [-0.25, -0.2) is 8.42 Å². The van der Waals surface area contributed by atoms with Crippen LogP contribution < -0.4 is 20.5 Å². The summed E-state index contributed by atoms with van der Waals surface area (Å²) in [6, 6.07) is 21.1. The van der Waals surface area contributed by atoms with Crippen molar-refractivity contribution < 1.29 is 31.1 Å². The molecule has 0 saturated carbocycles. The summed E-state index contributed by atoms with van der Waals surface area (Å²) in [4.78, 5) is 12.8. The van der Waals surface area contributed by atoms with E-state index in [4.69, 9.17) is 10.5 Å². The number of para-hydroxylation sites is 1. The molecule has 7 nitrogen and oxygen atoms in total. The summed E-state index contributed by atoms with van der Waals surface area (Å²) >= 11 is 1.16. The highest BCUT2D eigenvalue weighted by molar-refractivity contribution is 7.92. The second-order valence-electron chi connectivity index (χ2n) is 7.39. The van der Waals surface area contributed by atoms with Crippen molar-refractivity contribution in [2.24, 2.45) is 0 Å². The van der Waals surface area contributed by atoms with E-state index in [2.05, 4.69) is 10.0 Å². The van der Waals surface area contributed by atoms with Crippen LogP contribution in [0.3, 0.4) is 0 Å². The van der Waals surface area contributed by atoms with E-state index in [9.17, 15) is 26.4 Å². The Morgan fingerprint density at radius 2 is 1.62 bits per heavy atom. The Labute approximate surface area is 215 Å². The maximum atomic E-state index is 12.6. The molecule has 0 radical (unpaired) electrons. The molecule has 4 N–H and O–H groups in total.